The third-order valence-electron chi connectivity index (χ3n) is 5.69. The number of ether oxygens (including phenoxy) is 1. The molecule has 28 heavy (non-hydrogen) atoms. The second-order valence-corrected chi connectivity index (χ2v) is 11.1. The number of aliphatic hydroxyl groups is 1. The molecule has 1 saturated heterocycles. The van der Waals surface area contributed by atoms with Crippen LogP contribution in [0.1, 0.15) is 46.5 Å². The lowest BCUT2D eigenvalue weighted by Crippen LogP contribution is -2.60. The van der Waals surface area contributed by atoms with Crippen molar-refractivity contribution in [1.82, 2.24) is 4.90 Å². The number of sulfone groups is 1. The molecule has 0 atom stereocenters. The Morgan fingerprint density at radius 2 is 1.86 bits per heavy atom. The highest BCUT2D eigenvalue weighted by atomic mass is 32.2. The van der Waals surface area contributed by atoms with Gasteiger partial charge < -0.3 is 14.7 Å². The van der Waals surface area contributed by atoms with E-state index in [1.807, 2.05) is 0 Å². The normalized spacial score (nSPS) is 26.6. The van der Waals surface area contributed by atoms with Crippen LogP contribution in [0.2, 0.25) is 0 Å². The zero-order valence-corrected chi connectivity index (χ0v) is 17.3. The summed E-state index contributed by atoms with van der Waals surface area (Å²) in [6, 6.07) is 5.04. The lowest BCUT2D eigenvalue weighted by Gasteiger charge is -2.51. The fraction of sp³-hybridized carbons (Fsp3) is 0.650. The smallest absolute Gasteiger partial charge is 0.410 e. The molecule has 156 valence electrons. The Hall–Kier alpha value is -1.67. The van der Waals surface area contributed by atoms with Crippen LogP contribution in [0.25, 0.3) is 0 Å². The van der Waals surface area contributed by atoms with Gasteiger partial charge in [-0.25, -0.2) is 17.6 Å². The molecule has 6 nitrogen and oxygen atoms in total. The Labute approximate surface area is 165 Å². The van der Waals surface area contributed by atoms with Crippen LogP contribution < -0.4 is 0 Å². The zero-order valence-electron chi connectivity index (χ0n) is 16.5. The maximum atomic E-state index is 13.6. The number of hydrogen-bond donors (Lipinski definition) is 1. The van der Waals surface area contributed by atoms with Crippen LogP contribution >= 0.6 is 0 Å². The molecule has 1 aromatic carbocycles. The van der Waals surface area contributed by atoms with Gasteiger partial charge in [-0.1, -0.05) is 6.07 Å². The van der Waals surface area contributed by atoms with E-state index in [0.29, 0.717) is 25.9 Å². The minimum atomic E-state index is -3.82. The van der Waals surface area contributed by atoms with Gasteiger partial charge in [-0.3, -0.25) is 0 Å². The Morgan fingerprint density at radius 1 is 1.25 bits per heavy atom. The van der Waals surface area contributed by atoms with E-state index < -0.39 is 38.2 Å². The fourth-order valence-corrected chi connectivity index (χ4v) is 6.79. The Kier molecular flexibility index (Phi) is 5.49. The average Bonchev–Trinajstić information content (AvgIpc) is 2.57. The number of benzene rings is 1. The first-order chi connectivity index (χ1) is 12.9. The Balaban J connectivity index is 1.78. The van der Waals surface area contributed by atoms with Crippen molar-refractivity contribution < 1.29 is 27.4 Å². The van der Waals surface area contributed by atoms with Gasteiger partial charge in [-0.2, -0.15) is 0 Å². The molecule has 1 aromatic rings. The predicted octanol–water partition coefficient (Wildman–Crippen LogP) is 3.14. The molecular formula is C20H28FNO5S. The summed E-state index contributed by atoms with van der Waals surface area (Å²) in [4.78, 5) is 13.8. The number of piperidine rings is 1. The first-order valence-electron chi connectivity index (χ1n) is 9.61. The fourth-order valence-electron chi connectivity index (χ4n) is 4.29. The van der Waals surface area contributed by atoms with Crippen molar-refractivity contribution in [2.24, 2.45) is 5.92 Å². The van der Waals surface area contributed by atoms with Crippen molar-refractivity contribution in [3.8, 4) is 0 Å². The molecule has 0 bridgehead atoms. The van der Waals surface area contributed by atoms with Crippen LogP contribution in [0.5, 0.6) is 0 Å². The number of nitrogens with zero attached hydrogens (tertiary/aromatic N) is 1. The van der Waals surface area contributed by atoms with Crippen molar-refractivity contribution in [3.63, 3.8) is 0 Å². The second-order valence-electron chi connectivity index (χ2n) is 8.83. The van der Waals surface area contributed by atoms with Crippen LogP contribution in [0, 0.1) is 11.7 Å². The van der Waals surface area contributed by atoms with Crippen LogP contribution in [0.3, 0.4) is 0 Å². The van der Waals surface area contributed by atoms with Gasteiger partial charge in [0.05, 0.1) is 15.7 Å². The predicted molar refractivity (Wildman–Crippen MR) is 102 cm³/mol. The summed E-state index contributed by atoms with van der Waals surface area (Å²) in [6.45, 7) is 6.20. The number of amides is 1. The summed E-state index contributed by atoms with van der Waals surface area (Å²) < 4.78 is 44.6. The standard InChI is InChI=1S/C20H28FNO5S/c1-19(2,3)27-18(24)22-9-7-14(8-10-22)20(12-16(23)13-20)28(25,26)17-6-4-5-15(21)11-17/h4-6,11,14,16,23H,7-10,12-13H2,1-3H3. The molecule has 0 radical (unpaired) electrons. The van der Waals surface area contributed by atoms with Gasteiger partial charge in [0.2, 0.25) is 0 Å². The minimum absolute atomic E-state index is 0.0472. The monoisotopic (exact) mass is 413 g/mol. The molecule has 0 spiro atoms. The van der Waals surface area contributed by atoms with Gasteiger partial charge in [0.25, 0.3) is 0 Å². The van der Waals surface area contributed by atoms with E-state index in [0.717, 1.165) is 6.07 Å². The first-order valence-corrected chi connectivity index (χ1v) is 11.1. The minimum Gasteiger partial charge on any atom is -0.444 e. The number of carbonyl (C=O) groups is 1. The van der Waals surface area contributed by atoms with Crippen molar-refractivity contribution in [3.05, 3.63) is 30.1 Å². The van der Waals surface area contributed by atoms with E-state index in [1.165, 1.54) is 18.2 Å². The molecule has 1 amide bonds. The Bertz CT molecular complexity index is 834. The number of hydrogen-bond acceptors (Lipinski definition) is 5. The van der Waals surface area contributed by atoms with Crippen molar-refractivity contribution in [1.29, 1.82) is 0 Å². The molecule has 1 saturated carbocycles. The highest BCUT2D eigenvalue weighted by Crippen LogP contribution is 2.51. The molecule has 1 N–H and O–H groups in total. The van der Waals surface area contributed by atoms with E-state index in [1.54, 1.807) is 25.7 Å². The Morgan fingerprint density at radius 3 is 2.36 bits per heavy atom. The molecule has 1 aliphatic carbocycles. The summed E-state index contributed by atoms with van der Waals surface area (Å²) in [6.07, 6.45) is 0.210. The summed E-state index contributed by atoms with van der Waals surface area (Å²) in [5, 5.41) is 9.92. The van der Waals surface area contributed by atoms with Gasteiger partial charge in [0.1, 0.15) is 11.4 Å². The molecule has 1 heterocycles. The van der Waals surface area contributed by atoms with Crippen molar-refractivity contribution >= 4 is 15.9 Å². The number of halogens is 1. The summed E-state index contributed by atoms with van der Waals surface area (Å²) in [5.74, 6) is -0.807. The van der Waals surface area contributed by atoms with Gasteiger partial charge in [-0.15, -0.1) is 0 Å². The maximum Gasteiger partial charge on any atom is 0.410 e. The molecule has 8 heteroatoms. The van der Waals surface area contributed by atoms with Gasteiger partial charge >= 0.3 is 6.09 Å². The average molecular weight is 414 g/mol. The number of rotatable bonds is 3. The van der Waals surface area contributed by atoms with E-state index in [2.05, 4.69) is 0 Å². The maximum absolute atomic E-state index is 13.6. The molecule has 2 fully saturated rings. The lowest BCUT2D eigenvalue weighted by molar-refractivity contribution is -0.00237. The van der Waals surface area contributed by atoms with Crippen LogP contribution in [-0.2, 0) is 14.6 Å². The highest BCUT2D eigenvalue weighted by molar-refractivity contribution is 7.93. The van der Waals surface area contributed by atoms with Gasteiger partial charge in [-0.05, 0) is 70.6 Å². The van der Waals surface area contributed by atoms with E-state index >= 15 is 0 Å². The quantitative estimate of drug-likeness (QED) is 0.823. The van der Waals surface area contributed by atoms with Gasteiger partial charge in [0, 0.05) is 13.1 Å². The number of likely N-dealkylation sites (tertiary alicyclic amines) is 1. The third-order valence-corrected chi connectivity index (χ3v) is 8.31. The highest BCUT2D eigenvalue weighted by Gasteiger charge is 2.59. The summed E-state index contributed by atoms with van der Waals surface area (Å²) in [5.41, 5.74) is -0.589. The largest absolute Gasteiger partial charge is 0.444 e. The molecule has 3 rings (SSSR count). The molecule has 0 unspecified atom stereocenters. The third kappa shape index (κ3) is 3.89. The van der Waals surface area contributed by atoms with E-state index in [-0.39, 0.29) is 23.7 Å². The molecule has 1 aliphatic heterocycles. The SMILES string of the molecule is CC(C)(C)OC(=O)N1CCC(C2(S(=O)(=O)c3cccc(F)c3)CC(O)C2)CC1. The lowest BCUT2D eigenvalue weighted by atomic mass is 9.69. The van der Waals surface area contributed by atoms with Crippen LogP contribution in [0.15, 0.2) is 29.2 Å². The van der Waals surface area contributed by atoms with Crippen LogP contribution in [0.4, 0.5) is 9.18 Å². The molecular weight excluding hydrogens is 385 g/mol. The summed E-state index contributed by atoms with van der Waals surface area (Å²) >= 11 is 0. The summed E-state index contributed by atoms with van der Waals surface area (Å²) in [7, 11) is -3.82. The van der Waals surface area contributed by atoms with E-state index in [9.17, 15) is 22.7 Å². The first kappa shape index (κ1) is 21.0. The second kappa shape index (κ2) is 7.30. The topological polar surface area (TPSA) is 83.9 Å². The number of aliphatic hydroxyl groups excluding tert-OH is 1. The zero-order chi connectivity index (χ0) is 20.7. The van der Waals surface area contributed by atoms with Crippen molar-refractivity contribution in [2.45, 2.75) is 67.8 Å². The van der Waals surface area contributed by atoms with Gasteiger partial charge in [0.15, 0.2) is 9.84 Å². The van der Waals surface area contributed by atoms with Crippen LogP contribution in [-0.4, -0.2) is 54.1 Å². The number of carbonyl (C=O) groups excluding carboxylic acids is 1. The van der Waals surface area contributed by atoms with E-state index in [4.69, 9.17) is 4.74 Å². The molecule has 0 aromatic heterocycles. The van der Waals surface area contributed by atoms with Crippen molar-refractivity contribution in [2.75, 3.05) is 13.1 Å². The molecule has 2 aliphatic rings.